The SMILES string of the molecule is [C-]#[N+]CCC(C)(C)CC. The molecular weight excluding hydrogens is 110 g/mol. The second kappa shape index (κ2) is 3.50. The number of hydrogen-bond acceptors (Lipinski definition) is 0. The molecule has 0 saturated heterocycles. The molecule has 0 atom stereocenters. The molecule has 0 amide bonds. The maximum Gasteiger partial charge on any atom is 0.215 e. The molecule has 1 heteroatoms. The van der Waals surface area contributed by atoms with E-state index in [1.807, 2.05) is 0 Å². The van der Waals surface area contributed by atoms with Crippen LogP contribution in [0.4, 0.5) is 0 Å². The van der Waals surface area contributed by atoms with Gasteiger partial charge >= 0.3 is 0 Å². The van der Waals surface area contributed by atoms with Gasteiger partial charge in [-0.05, 0) is 5.41 Å². The molecule has 0 aliphatic rings. The van der Waals surface area contributed by atoms with E-state index in [4.69, 9.17) is 6.57 Å². The van der Waals surface area contributed by atoms with E-state index in [-0.39, 0.29) is 0 Å². The van der Waals surface area contributed by atoms with Gasteiger partial charge in [0.05, 0.1) is 0 Å². The standard InChI is InChI=1S/C8H15N/c1-5-8(2,3)6-7-9-4/h5-7H2,1-3H3. The van der Waals surface area contributed by atoms with Crippen molar-refractivity contribution in [3.05, 3.63) is 11.4 Å². The first-order chi connectivity index (χ1) is 4.12. The van der Waals surface area contributed by atoms with Crippen LogP contribution in [0.15, 0.2) is 0 Å². The summed E-state index contributed by atoms with van der Waals surface area (Å²) in [6.45, 7) is 13.8. The van der Waals surface area contributed by atoms with Crippen molar-refractivity contribution in [1.29, 1.82) is 0 Å². The zero-order chi connectivity index (χ0) is 7.33. The van der Waals surface area contributed by atoms with Gasteiger partial charge in [0.15, 0.2) is 0 Å². The Morgan fingerprint density at radius 3 is 2.33 bits per heavy atom. The van der Waals surface area contributed by atoms with Crippen molar-refractivity contribution in [2.75, 3.05) is 6.54 Å². The molecule has 0 fully saturated rings. The van der Waals surface area contributed by atoms with Crippen molar-refractivity contribution in [2.24, 2.45) is 5.41 Å². The van der Waals surface area contributed by atoms with Gasteiger partial charge in [-0.1, -0.05) is 27.2 Å². The summed E-state index contributed by atoms with van der Waals surface area (Å²) in [6.07, 6.45) is 2.20. The smallest absolute Gasteiger partial charge is 0.215 e. The van der Waals surface area contributed by atoms with Crippen LogP contribution in [-0.4, -0.2) is 6.54 Å². The monoisotopic (exact) mass is 125 g/mol. The lowest BCUT2D eigenvalue weighted by Crippen LogP contribution is -2.09. The van der Waals surface area contributed by atoms with Gasteiger partial charge in [-0.3, -0.25) is 0 Å². The van der Waals surface area contributed by atoms with Gasteiger partial charge in [-0.25, -0.2) is 6.57 Å². The fourth-order valence-corrected chi connectivity index (χ4v) is 0.535. The minimum absolute atomic E-state index is 0.380. The van der Waals surface area contributed by atoms with Gasteiger partial charge in [0.2, 0.25) is 6.54 Å². The second-order valence-corrected chi connectivity index (χ2v) is 3.15. The molecule has 0 aliphatic carbocycles. The van der Waals surface area contributed by atoms with E-state index < -0.39 is 0 Å². The Balaban J connectivity index is 3.48. The van der Waals surface area contributed by atoms with Crippen LogP contribution in [0.25, 0.3) is 4.85 Å². The predicted octanol–water partition coefficient (Wildman–Crippen LogP) is 2.73. The molecule has 0 bridgehead atoms. The molecule has 0 aromatic heterocycles. The predicted molar refractivity (Wildman–Crippen MR) is 40.2 cm³/mol. The molecule has 0 aromatic carbocycles. The van der Waals surface area contributed by atoms with Gasteiger partial charge in [-0.15, -0.1) is 0 Å². The van der Waals surface area contributed by atoms with Crippen LogP contribution in [0.2, 0.25) is 0 Å². The lowest BCUT2D eigenvalue weighted by Gasteiger charge is -2.18. The summed E-state index contributed by atoms with van der Waals surface area (Å²) in [4.78, 5) is 3.32. The Labute approximate surface area is 57.9 Å². The van der Waals surface area contributed by atoms with Crippen molar-refractivity contribution in [3.63, 3.8) is 0 Å². The van der Waals surface area contributed by atoms with Gasteiger partial charge < -0.3 is 4.85 Å². The van der Waals surface area contributed by atoms with E-state index in [2.05, 4.69) is 25.6 Å². The fourth-order valence-electron chi connectivity index (χ4n) is 0.535. The van der Waals surface area contributed by atoms with Crippen LogP contribution in [-0.2, 0) is 0 Å². The Kier molecular flexibility index (Phi) is 3.30. The Bertz CT molecular complexity index is 108. The highest BCUT2D eigenvalue weighted by Gasteiger charge is 2.15. The lowest BCUT2D eigenvalue weighted by molar-refractivity contribution is 0.335. The molecule has 0 N–H and O–H groups in total. The van der Waals surface area contributed by atoms with Crippen LogP contribution in [0.5, 0.6) is 0 Å². The van der Waals surface area contributed by atoms with Gasteiger partial charge in [-0.2, -0.15) is 0 Å². The van der Waals surface area contributed by atoms with Crippen LogP contribution >= 0.6 is 0 Å². The van der Waals surface area contributed by atoms with E-state index in [0.717, 1.165) is 6.42 Å². The first-order valence-corrected chi connectivity index (χ1v) is 3.45. The largest absolute Gasteiger partial charge is 0.317 e. The summed E-state index contributed by atoms with van der Waals surface area (Å²) < 4.78 is 0. The third-order valence-corrected chi connectivity index (χ3v) is 1.86. The molecule has 0 aromatic rings. The lowest BCUT2D eigenvalue weighted by atomic mass is 9.87. The molecule has 0 unspecified atom stereocenters. The van der Waals surface area contributed by atoms with Gasteiger partial charge in [0.1, 0.15) is 0 Å². The summed E-state index contributed by atoms with van der Waals surface area (Å²) in [5.41, 5.74) is 0.380. The average Bonchev–Trinajstić information content (AvgIpc) is 1.84. The molecule has 0 spiro atoms. The fraction of sp³-hybridized carbons (Fsp3) is 0.875. The minimum atomic E-state index is 0.380. The van der Waals surface area contributed by atoms with Crippen LogP contribution in [0, 0.1) is 12.0 Å². The summed E-state index contributed by atoms with van der Waals surface area (Å²) in [7, 11) is 0. The third kappa shape index (κ3) is 4.02. The molecule has 0 saturated carbocycles. The van der Waals surface area contributed by atoms with Gasteiger partial charge in [0, 0.05) is 6.42 Å². The van der Waals surface area contributed by atoms with Gasteiger partial charge in [0.25, 0.3) is 0 Å². The topological polar surface area (TPSA) is 4.36 Å². The van der Waals surface area contributed by atoms with E-state index >= 15 is 0 Å². The van der Waals surface area contributed by atoms with Crippen LogP contribution in [0.3, 0.4) is 0 Å². The molecule has 0 radical (unpaired) electrons. The Hall–Kier alpha value is -0.510. The number of nitrogens with zero attached hydrogens (tertiary/aromatic N) is 1. The van der Waals surface area contributed by atoms with Crippen molar-refractivity contribution in [3.8, 4) is 0 Å². The second-order valence-electron chi connectivity index (χ2n) is 3.15. The molecule has 0 aliphatic heterocycles. The highest BCUT2D eigenvalue weighted by Crippen LogP contribution is 2.23. The van der Waals surface area contributed by atoms with Crippen molar-refractivity contribution < 1.29 is 0 Å². The molecule has 9 heavy (non-hydrogen) atoms. The zero-order valence-corrected chi connectivity index (χ0v) is 6.57. The van der Waals surface area contributed by atoms with E-state index in [1.165, 1.54) is 6.42 Å². The normalized spacial score (nSPS) is 10.9. The maximum atomic E-state index is 6.58. The average molecular weight is 125 g/mol. The summed E-state index contributed by atoms with van der Waals surface area (Å²) >= 11 is 0. The first kappa shape index (κ1) is 8.49. The van der Waals surface area contributed by atoms with Crippen molar-refractivity contribution in [1.82, 2.24) is 0 Å². The Morgan fingerprint density at radius 2 is 2.00 bits per heavy atom. The summed E-state index contributed by atoms with van der Waals surface area (Å²) in [5, 5.41) is 0. The van der Waals surface area contributed by atoms with Crippen LogP contribution in [0.1, 0.15) is 33.6 Å². The quantitative estimate of drug-likeness (QED) is 0.511. The van der Waals surface area contributed by atoms with Crippen LogP contribution < -0.4 is 0 Å². The molecule has 0 heterocycles. The zero-order valence-electron chi connectivity index (χ0n) is 6.57. The molecule has 0 rings (SSSR count). The number of hydrogen-bond donors (Lipinski definition) is 0. The maximum absolute atomic E-state index is 6.58. The van der Waals surface area contributed by atoms with Crippen molar-refractivity contribution in [2.45, 2.75) is 33.6 Å². The number of rotatable bonds is 3. The minimum Gasteiger partial charge on any atom is -0.317 e. The summed E-state index contributed by atoms with van der Waals surface area (Å²) in [6, 6.07) is 0. The van der Waals surface area contributed by atoms with E-state index in [0.29, 0.717) is 12.0 Å². The highest BCUT2D eigenvalue weighted by atomic mass is 14.6. The third-order valence-electron chi connectivity index (χ3n) is 1.86. The highest BCUT2D eigenvalue weighted by molar-refractivity contribution is 4.71. The Morgan fingerprint density at radius 1 is 1.44 bits per heavy atom. The molecular formula is C8H15N. The van der Waals surface area contributed by atoms with E-state index in [1.54, 1.807) is 0 Å². The van der Waals surface area contributed by atoms with E-state index in [9.17, 15) is 0 Å². The molecule has 52 valence electrons. The summed E-state index contributed by atoms with van der Waals surface area (Å²) in [5.74, 6) is 0. The first-order valence-electron chi connectivity index (χ1n) is 3.45. The molecule has 1 nitrogen and oxygen atoms in total. The van der Waals surface area contributed by atoms with Crippen molar-refractivity contribution >= 4 is 0 Å².